The Balaban J connectivity index is 2.08. The summed E-state index contributed by atoms with van der Waals surface area (Å²) in [4.78, 5) is 15.9. The summed E-state index contributed by atoms with van der Waals surface area (Å²) in [6.45, 7) is 2.11. The number of rotatable bonds is 4. The van der Waals surface area contributed by atoms with Gasteiger partial charge in [0.2, 0.25) is 0 Å². The Hall–Kier alpha value is -1.67. The lowest BCUT2D eigenvalue weighted by Crippen LogP contribution is -2.04. The van der Waals surface area contributed by atoms with Gasteiger partial charge in [-0.3, -0.25) is 4.79 Å². The van der Waals surface area contributed by atoms with Crippen LogP contribution in [0, 0.1) is 0 Å². The van der Waals surface area contributed by atoms with Crippen molar-refractivity contribution in [1.82, 2.24) is 4.98 Å². The van der Waals surface area contributed by atoms with Crippen molar-refractivity contribution < 1.29 is 4.79 Å². The number of nitrogens with zero attached hydrogens (tertiary/aromatic N) is 1. The highest BCUT2D eigenvalue weighted by Gasteiger charge is 2.07. The van der Waals surface area contributed by atoms with Crippen LogP contribution in [0.1, 0.15) is 28.4 Å². The number of aryl methyl sites for hydroxylation is 1. The zero-order chi connectivity index (χ0) is 13.0. The maximum absolute atomic E-state index is 12.0. The third kappa shape index (κ3) is 3.17. The first-order valence-corrected chi connectivity index (χ1v) is 6.29. The largest absolute Gasteiger partial charge is 0.294 e. The first-order chi connectivity index (χ1) is 8.69. The van der Waals surface area contributed by atoms with Gasteiger partial charge in [-0.05, 0) is 29.7 Å². The second-order valence-electron chi connectivity index (χ2n) is 4.14. The highest BCUT2D eigenvalue weighted by atomic mass is 35.5. The number of pyridine rings is 1. The fourth-order valence-corrected chi connectivity index (χ4v) is 1.83. The van der Waals surface area contributed by atoms with Gasteiger partial charge in [-0.15, -0.1) is 0 Å². The Kier molecular flexibility index (Phi) is 4.11. The monoisotopic (exact) mass is 259 g/mol. The number of carbonyl (C=O) groups excluding carboxylic acids is 1. The molecule has 1 heterocycles. The Morgan fingerprint density at radius 2 is 1.78 bits per heavy atom. The van der Waals surface area contributed by atoms with Gasteiger partial charge in [-0.25, -0.2) is 4.98 Å². The lowest BCUT2D eigenvalue weighted by molar-refractivity contribution is 0.0992. The highest BCUT2D eigenvalue weighted by Crippen LogP contribution is 2.11. The number of Topliss-reactive ketones (excluding diaryl/α,β-unsaturated/α-hetero) is 1. The first-order valence-electron chi connectivity index (χ1n) is 5.91. The van der Waals surface area contributed by atoms with Crippen LogP contribution in [0.15, 0.2) is 42.6 Å². The molecule has 1 aromatic carbocycles. The predicted molar refractivity (Wildman–Crippen MR) is 73.1 cm³/mol. The van der Waals surface area contributed by atoms with E-state index in [1.807, 2.05) is 12.1 Å². The fourth-order valence-electron chi connectivity index (χ4n) is 1.72. The van der Waals surface area contributed by atoms with Crippen LogP contribution >= 0.6 is 11.6 Å². The molecule has 2 aromatic rings. The molecule has 0 saturated heterocycles. The predicted octanol–water partition coefficient (Wildman–Crippen LogP) is 3.72. The van der Waals surface area contributed by atoms with Crippen molar-refractivity contribution in [1.29, 1.82) is 0 Å². The Bertz CT molecular complexity index is 531. The first kappa shape index (κ1) is 12.8. The lowest BCUT2D eigenvalue weighted by Gasteiger charge is -2.03. The molecule has 0 amide bonds. The van der Waals surface area contributed by atoms with E-state index in [1.54, 1.807) is 12.1 Å². The minimum atomic E-state index is 0.0587. The zero-order valence-corrected chi connectivity index (χ0v) is 10.9. The summed E-state index contributed by atoms with van der Waals surface area (Å²) in [5.41, 5.74) is 2.89. The molecule has 0 N–H and O–H groups in total. The number of ketones is 1. The van der Waals surface area contributed by atoms with E-state index in [0.29, 0.717) is 17.1 Å². The van der Waals surface area contributed by atoms with Gasteiger partial charge in [-0.2, -0.15) is 0 Å². The zero-order valence-electron chi connectivity index (χ0n) is 10.2. The minimum Gasteiger partial charge on any atom is -0.294 e. The second kappa shape index (κ2) is 5.78. The van der Waals surface area contributed by atoms with E-state index in [9.17, 15) is 4.79 Å². The maximum Gasteiger partial charge on any atom is 0.168 e. The average Bonchev–Trinajstić information content (AvgIpc) is 2.40. The number of aromatic nitrogens is 1. The summed E-state index contributed by atoms with van der Waals surface area (Å²) in [5.74, 6) is 0.0587. The van der Waals surface area contributed by atoms with Gasteiger partial charge in [0.05, 0.1) is 0 Å². The van der Waals surface area contributed by atoms with Crippen LogP contribution in [-0.4, -0.2) is 10.8 Å². The second-order valence-corrected chi connectivity index (χ2v) is 4.53. The van der Waals surface area contributed by atoms with Crippen molar-refractivity contribution in [3.63, 3.8) is 0 Å². The van der Waals surface area contributed by atoms with Crippen LogP contribution < -0.4 is 0 Å². The molecule has 0 aliphatic rings. The Labute approximate surface area is 112 Å². The van der Waals surface area contributed by atoms with E-state index < -0.39 is 0 Å². The molecule has 18 heavy (non-hydrogen) atoms. The Morgan fingerprint density at radius 3 is 2.33 bits per heavy atom. The number of hydrogen-bond acceptors (Lipinski definition) is 2. The Morgan fingerprint density at radius 1 is 1.11 bits per heavy atom. The smallest absolute Gasteiger partial charge is 0.168 e. The SMILES string of the molecule is CCc1ccc(CC(=O)c2ccc(Cl)nc2)cc1. The molecule has 0 atom stereocenters. The minimum absolute atomic E-state index is 0.0587. The summed E-state index contributed by atoms with van der Waals surface area (Å²) >= 11 is 5.69. The van der Waals surface area contributed by atoms with Crippen molar-refractivity contribution in [3.8, 4) is 0 Å². The molecule has 0 aliphatic heterocycles. The van der Waals surface area contributed by atoms with Crippen molar-refractivity contribution in [3.05, 3.63) is 64.4 Å². The molecule has 1 aromatic heterocycles. The number of benzene rings is 1. The van der Waals surface area contributed by atoms with Crippen LogP contribution in [0.4, 0.5) is 0 Å². The molecule has 2 nitrogen and oxygen atoms in total. The van der Waals surface area contributed by atoms with Crippen LogP contribution in [0.25, 0.3) is 0 Å². The normalized spacial score (nSPS) is 10.3. The van der Waals surface area contributed by atoms with E-state index in [0.717, 1.165) is 12.0 Å². The number of carbonyl (C=O) groups is 1. The standard InChI is InChI=1S/C15H14ClNO/c1-2-11-3-5-12(6-4-11)9-14(18)13-7-8-15(16)17-10-13/h3-8,10H,2,9H2,1H3. The highest BCUT2D eigenvalue weighted by molar-refractivity contribution is 6.29. The fraction of sp³-hybridized carbons (Fsp3) is 0.200. The summed E-state index contributed by atoms with van der Waals surface area (Å²) in [7, 11) is 0. The molecule has 0 spiro atoms. The third-order valence-electron chi connectivity index (χ3n) is 2.85. The van der Waals surface area contributed by atoms with E-state index >= 15 is 0 Å². The van der Waals surface area contributed by atoms with Crippen molar-refractivity contribution in [2.75, 3.05) is 0 Å². The molecule has 0 aliphatic carbocycles. The average molecular weight is 260 g/mol. The maximum atomic E-state index is 12.0. The number of halogens is 1. The van der Waals surface area contributed by atoms with Crippen molar-refractivity contribution in [2.45, 2.75) is 19.8 Å². The summed E-state index contributed by atoms with van der Waals surface area (Å²) in [5, 5.41) is 0.402. The van der Waals surface area contributed by atoms with E-state index in [-0.39, 0.29) is 5.78 Å². The lowest BCUT2D eigenvalue weighted by atomic mass is 10.0. The third-order valence-corrected chi connectivity index (χ3v) is 3.07. The summed E-state index contributed by atoms with van der Waals surface area (Å²) in [6, 6.07) is 11.5. The molecule has 0 unspecified atom stereocenters. The molecule has 0 bridgehead atoms. The van der Waals surface area contributed by atoms with Gasteiger partial charge < -0.3 is 0 Å². The number of hydrogen-bond donors (Lipinski definition) is 0. The molecule has 0 radical (unpaired) electrons. The molecule has 3 heteroatoms. The molecule has 2 rings (SSSR count). The molecule has 0 saturated carbocycles. The van der Waals surface area contributed by atoms with Crippen LogP contribution in [0.3, 0.4) is 0 Å². The molecular formula is C15H14ClNO. The van der Waals surface area contributed by atoms with E-state index in [1.165, 1.54) is 11.8 Å². The van der Waals surface area contributed by atoms with Gasteiger partial charge in [0.1, 0.15) is 5.15 Å². The molecular weight excluding hydrogens is 246 g/mol. The molecule has 0 fully saturated rings. The van der Waals surface area contributed by atoms with E-state index in [4.69, 9.17) is 11.6 Å². The van der Waals surface area contributed by atoms with Crippen molar-refractivity contribution in [2.24, 2.45) is 0 Å². The van der Waals surface area contributed by atoms with E-state index in [2.05, 4.69) is 24.0 Å². The van der Waals surface area contributed by atoms with Gasteiger partial charge in [-0.1, -0.05) is 42.8 Å². The summed E-state index contributed by atoms with van der Waals surface area (Å²) in [6.07, 6.45) is 2.92. The topological polar surface area (TPSA) is 30.0 Å². The van der Waals surface area contributed by atoms with Crippen molar-refractivity contribution >= 4 is 17.4 Å². The van der Waals surface area contributed by atoms with Gasteiger partial charge in [0.15, 0.2) is 5.78 Å². The van der Waals surface area contributed by atoms with Gasteiger partial charge >= 0.3 is 0 Å². The van der Waals surface area contributed by atoms with Crippen LogP contribution in [-0.2, 0) is 12.8 Å². The summed E-state index contributed by atoms with van der Waals surface area (Å²) < 4.78 is 0. The van der Waals surface area contributed by atoms with Gasteiger partial charge in [0, 0.05) is 18.2 Å². The van der Waals surface area contributed by atoms with Gasteiger partial charge in [0.25, 0.3) is 0 Å². The van der Waals surface area contributed by atoms with Crippen LogP contribution in [0.2, 0.25) is 5.15 Å². The quantitative estimate of drug-likeness (QED) is 0.619. The van der Waals surface area contributed by atoms with Crippen LogP contribution in [0.5, 0.6) is 0 Å². The molecule has 92 valence electrons.